The average Bonchev–Trinajstić information content (AvgIpc) is 3.10. The third-order valence-electron chi connectivity index (χ3n) is 4.47. The summed E-state index contributed by atoms with van der Waals surface area (Å²) >= 11 is 0. The fourth-order valence-electron chi connectivity index (χ4n) is 3.03. The predicted molar refractivity (Wildman–Crippen MR) is 119 cm³/mol. The quantitative estimate of drug-likeness (QED) is 0.226. The molecule has 2 N–H and O–H groups in total. The van der Waals surface area contributed by atoms with Gasteiger partial charge in [0.25, 0.3) is 0 Å². The summed E-state index contributed by atoms with van der Waals surface area (Å²) in [5, 5.41) is 6.81. The third kappa shape index (κ3) is 8.80. The number of morpholine rings is 1. The number of aliphatic imine (C=N–C) groups is 1. The number of rotatable bonds is 10. The molecule has 0 bridgehead atoms. The Balaban J connectivity index is 0.00000364. The first-order valence-corrected chi connectivity index (χ1v) is 9.65. The first-order valence-electron chi connectivity index (χ1n) is 9.65. The topological polar surface area (TPSA) is 71.3 Å². The first-order chi connectivity index (χ1) is 12.7. The number of halogens is 1. The highest BCUT2D eigenvalue weighted by atomic mass is 127. The summed E-state index contributed by atoms with van der Waals surface area (Å²) in [6, 6.07) is 4.26. The summed E-state index contributed by atoms with van der Waals surface area (Å²) in [5.74, 6) is 2.75. The van der Waals surface area contributed by atoms with Crippen LogP contribution in [0.2, 0.25) is 0 Å². The van der Waals surface area contributed by atoms with Gasteiger partial charge < -0.3 is 24.5 Å². The number of hydrogen-bond donors (Lipinski definition) is 2. The van der Waals surface area contributed by atoms with Gasteiger partial charge in [-0.2, -0.15) is 0 Å². The third-order valence-corrected chi connectivity index (χ3v) is 4.47. The zero-order valence-electron chi connectivity index (χ0n) is 16.8. The average molecular weight is 494 g/mol. The van der Waals surface area contributed by atoms with E-state index in [1.165, 1.54) is 0 Å². The Morgan fingerprint density at radius 1 is 1.26 bits per heavy atom. The minimum Gasteiger partial charge on any atom is -0.465 e. The highest BCUT2D eigenvalue weighted by Gasteiger charge is 2.25. The number of guanidine groups is 1. The normalized spacial score (nSPS) is 16.6. The van der Waals surface area contributed by atoms with Crippen LogP contribution in [-0.2, 0) is 9.47 Å². The second-order valence-corrected chi connectivity index (χ2v) is 6.40. The molecule has 0 amide bonds. The molecule has 1 fully saturated rings. The Hall–Kier alpha value is -0.840. The molecule has 0 saturated carbocycles. The van der Waals surface area contributed by atoms with Crippen molar-refractivity contribution in [2.24, 2.45) is 4.99 Å². The van der Waals surface area contributed by atoms with E-state index in [9.17, 15) is 0 Å². The van der Waals surface area contributed by atoms with Crippen molar-refractivity contribution >= 4 is 29.9 Å². The first kappa shape index (κ1) is 24.2. The van der Waals surface area contributed by atoms with Crippen LogP contribution in [0.25, 0.3) is 0 Å². The zero-order valence-corrected chi connectivity index (χ0v) is 19.2. The zero-order chi connectivity index (χ0) is 18.6. The van der Waals surface area contributed by atoms with Crippen molar-refractivity contribution in [3.63, 3.8) is 0 Å². The highest BCUT2D eigenvalue weighted by Crippen LogP contribution is 2.23. The lowest BCUT2D eigenvalue weighted by atomic mass is 10.1. The number of unbranched alkanes of at least 4 members (excludes halogenated alkanes) is 1. The molecule has 0 spiro atoms. The van der Waals surface area contributed by atoms with Gasteiger partial charge in [-0.15, -0.1) is 24.0 Å². The van der Waals surface area contributed by atoms with Gasteiger partial charge in [0, 0.05) is 46.4 Å². The summed E-state index contributed by atoms with van der Waals surface area (Å²) in [5.41, 5.74) is 0. The summed E-state index contributed by atoms with van der Waals surface area (Å²) in [4.78, 5) is 6.73. The second-order valence-electron chi connectivity index (χ2n) is 6.40. The van der Waals surface area contributed by atoms with Crippen LogP contribution in [0, 0.1) is 6.92 Å². The van der Waals surface area contributed by atoms with Gasteiger partial charge in [-0.1, -0.05) is 0 Å². The molecule has 1 aliphatic heterocycles. The van der Waals surface area contributed by atoms with Crippen molar-refractivity contribution in [2.75, 3.05) is 59.7 Å². The van der Waals surface area contributed by atoms with Gasteiger partial charge in [0.1, 0.15) is 11.5 Å². The van der Waals surface area contributed by atoms with E-state index in [0.717, 1.165) is 82.9 Å². The van der Waals surface area contributed by atoms with Gasteiger partial charge in [-0.05, 0) is 38.8 Å². The standard InChI is InChI=1S/C19H34N4O3.HI/c1-4-24-12-6-5-9-21-19(20-3)22-15-17(18-8-7-16(2)26-18)23-10-13-25-14-11-23;/h7-8,17H,4-6,9-15H2,1-3H3,(H2,20,21,22);1H. The van der Waals surface area contributed by atoms with E-state index in [-0.39, 0.29) is 30.0 Å². The molecule has 0 radical (unpaired) electrons. The molecule has 0 aliphatic carbocycles. The van der Waals surface area contributed by atoms with Crippen LogP contribution in [0.1, 0.15) is 37.3 Å². The molecule has 1 aliphatic rings. The van der Waals surface area contributed by atoms with E-state index in [2.05, 4.69) is 26.6 Å². The smallest absolute Gasteiger partial charge is 0.191 e. The van der Waals surface area contributed by atoms with Crippen LogP contribution in [0.15, 0.2) is 21.5 Å². The molecule has 1 aromatic rings. The van der Waals surface area contributed by atoms with Gasteiger partial charge in [-0.3, -0.25) is 9.89 Å². The summed E-state index contributed by atoms with van der Waals surface area (Å²) in [6.07, 6.45) is 2.12. The van der Waals surface area contributed by atoms with Gasteiger partial charge in [0.05, 0.1) is 19.3 Å². The fraction of sp³-hybridized carbons (Fsp3) is 0.737. The summed E-state index contributed by atoms with van der Waals surface area (Å²) in [6.45, 7) is 10.6. The lowest BCUT2D eigenvalue weighted by Gasteiger charge is -2.33. The van der Waals surface area contributed by atoms with E-state index in [1.807, 2.05) is 19.9 Å². The SMILES string of the molecule is CCOCCCCNC(=NC)NCC(c1ccc(C)o1)N1CCOCC1.I. The molecule has 1 unspecified atom stereocenters. The summed E-state index contributed by atoms with van der Waals surface area (Å²) in [7, 11) is 1.80. The van der Waals surface area contributed by atoms with Crippen molar-refractivity contribution < 1.29 is 13.9 Å². The number of aryl methyl sites for hydroxylation is 1. The van der Waals surface area contributed by atoms with Crippen LogP contribution in [0.5, 0.6) is 0 Å². The monoisotopic (exact) mass is 494 g/mol. The van der Waals surface area contributed by atoms with Gasteiger partial charge in [0.2, 0.25) is 0 Å². The second kappa shape index (κ2) is 14.2. The Morgan fingerprint density at radius 3 is 2.67 bits per heavy atom. The molecular formula is C19H35IN4O3. The van der Waals surface area contributed by atoms with E-state index in [1.54, 1.807) is 7.05 Å². The minimum atomic E-state index is 0. The number of ether oxygens (including phenoxy) is 2. The van der Waals surface area contributed by atoms with Gasteiger partial charge in [0.15, 0.2) is 5.96 Å². The van der Waals surface area contributed by atoms with Crippen LogP contribution in [-0.4, -0.2) is 70.5 Å². The molecule has 2 rings (SSSR count). The van der Waals surface area contributed by atoms with Crippen LogP contribution >= 0.6 is 24.0 Å². The largest absolute Gasteiger partial charge is 0.465 e. The Morgan fingerprint density at radius 2 is 2.04 bits per heavy atom. The van der Waals surface area contributed by atoms with E-state index in [4.69, 9.17) is 13.9 Å². The molecule has 0 aromatic carbocycles. The number of nitrogens with one attached hydrogen (secondary N) is 2. The minimum absolute atomic E-state index is 0. The molecule has 7 nitrogen and oxygen atoms in total. The lowest BCUT2D eigenvalue weighted by Crippen LogP contribution is -2.46. The predicted octanol–water partition coefficient (Wildman–Crippen LogP) is 2.56. The maximum atomic E-state index is 5.90. The molecule has 2 heterocycles. The van der Waals surface area contributed by atoms with Crippen LogP contribution in [0.4, 0.5) is 0 Å². The Bertz CT molecular complexity index is 533. The number of nitrogens with zero attached hydrogens (tertiary/aromatic N) is 2. The molecular weight excluding hydrogens is 459 g/mol. The molecule has 8 heteroatoms. The van der Waals surface area contributed by atoms with Crippen molar-refractivity contribution in [3.8, 4) is 0 Å². The summed E-state index contributed by atoms with van der Waals surface area (Å²) < 4.78 is 16.8. The van der Waals surface area contributed by atoms with Crippen molar-refractivity contribution in [2.45, 2.75) is 32.7 Å². The molecule has 1 aromatic heterocycles. The van der Waals surface area contributed by atoms with Gasteiger partial charge in [-0.25, -0.2) is 0 Å². The van der Waals surface area contributed by atoms with Crippen molar-refractivity contribution in [1.29, 1.82) is 0 Å². The van der Waals surface area contributed by atoms with E-state index < -0.39 is 0 Å². The van der Waals surface area contributed by atoms with E-state index in [0.29, 0.717) is 0 Å². The molecule has 1 atom stereocenters. The Labute approximate surface area is 180 Å². The maximum absolute atomic E-state index is 5.90. The van der Waals surface area contributed by atoms with Crippen LogP contribution in [0.3, 0.4) is 0 Å². The lowest BCUT2D eigenvalue weighted by molar-refractivity contribution is 0.0124. The molecule has 27 heavy (non-hydrogen) atoms. The maximum Gasteiger partial charge on any atom is 0.191 e. The number of hydrogen-bond acceptors (Lipinski definition) is 5. The molecule has 156 valence electrons. The highest BCUT2D eigenvalue weighted by molar-refractivity contribution is 14.0. The van der Waals surface area contributed by atoms with Crippen molar-refractivity contribution in [3.05, 3.63) is 23.7 Å². The Kier molecular flexibility index (Phi) is 12.7. The fourth-order valence-corrected chi connectivity index (χ4v) is 3.03. The number of furan rings is 1. The van der Waals surface area contributed by atoms with Crippen LogP contribution < -0.4 is 10.6 Å². The van der Waals surface area contributed by atoms with E-state index >= 15 is 0 Å². The van der Waals surface area contributed by atoms with Crippen molar-refractivity contribution in [1.82, 2.24) is 15.5 Å². The molecule has 1 saturated heterocycles. The van der Waals surface area contributed by atoms with Gasteiger partial charge >= 0.3 is 0 Å².